The standard InChI is InChI=1S/C18H17N3O4/c1-2-10-9-14-13(7-8-19-14)16-15(10)17(22)20(18(16)23)11-3-5-12(6-4-11)21(24)25/h3-8,10,15-16,19H,2,9H2,1H3/t10-,15+,16-/m1/s1. The Bertz CT molecular complexity index is 871. The summed E-state index contributed by atoms with van der Waals surface area (Å²) in [5, 5.41) is 10.8. The van der Waals surface area contributed by atoms with Crippen molar-refractivity contribution in [1.82, 2.24) is 4.98 Å². The number of aromatic amines is 1. The smallest absolute Gasteiger partial charge is 0.269 e. The van der Waals surface area contributed by atoms with E-state index in [1.165, 1.54) is 29.2 Å². The Morgan fingerprint density at radius 1 is 1.20 bits per heavy atom. The minimum absolute atomic E-state index is 0.0698. The van der Waals surface area contributed by atoms with Gasteiger partial charge in [0, 0.05) is 24.0 Å². The molecule has 1 aromatic heterocycles. The number of carbonyl (C=O) groups is 2. The van der Waals surface area contributed by atoms with Crippen LogP contribution in [0.1, 0.15) is 30.5 Å². The molecule has 2 aliphatic rings. The lowest BCUT2D eigenvalue weighted by Gasteiger charge is -2.29. The predicted octanol–water partition coefficient (Wildman–Crippen LogP) is 2.78. The second kappa shape index (κ2) is 5.54. The molecule has 3 atom stereocenters. The van der Waals surface area contributed by atoms with Gasteiger partial charge in [0.1, 0.15) is 0 Å². The Kier molecular flexibility index (Phi) is 3.45. The summed E-state index contributed by atoms with van der Waals surface area (Å²) in [4.78, 5) is 40.8. The van der Waals surface area contributed by atoms with E-state index in [4.69, 9.17) is 0 Å². The van der Waals surface area contributed by atoms with E-state index in [2.05, 4.69) is 4.98 Å². The monoisotopic (exact) mass is 339 g/mol. The quantitative estimate of drug-likeness (QED) is 0.528. The van der Waals surface area contributed by atoms with Crippen LogP contribution in [-0.4, -0.2) is 21.7 Å². The van der Waals surface area contributed by atoms with Gasteiger partial charge in [0.15, 0.2) is 0 Å². The lowest BCUT2D eigenvalue weighted by Crippen LogP contribution is -2.33. The molecular weight excluding hydrogens is 322 g/mol. The summed E-state index contributed by atoms with van der Waals surface area (Å²) in [5.41, 5.74) is 2.25. The normalized spacial score (nSPS) is 25.0. The molecule has 1 aromatic carbocycles. The van der Waals surface area contributed by atoms with Crippen molar-refractivity contribution >= 4 is 23.2 Å². The van der Waals surface area contributed by atoms with Crippen LogP contribution >= 0.6 is 0 Å². The second-order valence-corrected chi connectivity index (χ2v) is 6.57. The number of amides is 2. The molecule has 1 saturated heterocycles. The van der Waals surface area contributed by atoms with E-state index in [0.29, 0.717) is 5.69 Å². The maximum atomic E-state index is 13.0. The first-order valence-electron chi connectivity index (χ1n) is 8.31. The highest BCUT2D eigenvalue weighted by atomic mass is 16.6. The molecule has 1 fully saturated rings. The zero-order chi connectivity index (χ0) is 17.7. The molecule has 2 aromatic rings. The average molecular weight is 339 g/mol. The number of hydrogen-bond donors (Lipinski definition) is 1. The van der Waals surface area contributed by atoms with E-state index >= 15 is 0 Å². The van der Waals surface area contributed by atoms with Gasteiger partial charge >= 0.3 is 0 Å². The third kappa shape index (κ3) is 2.19. The number of nitro benzene ring substituents is 1. The zero-order valence-corrected chi connectivity index (χ0v) is 13.6. The van der Waals surface area contributed by atoms with Crippen LogP contribution in [0, 0.1) is 22.0 Å². The molecule has 128 valence electrons. The number of nitro groups is 1. The molecule has 0 saturated carbocycles. The fraction of sp³-hybridized carbons (Fsp3) is 0.333. The number of imide groups is 1. The number of H-pyrrole nitrogens is 1. The summed E-state index contributed by atoms with van der Waals surface area (Å²) in [7, 11) is 0. The van der Waals surface area contributed by atoms with Crippen LogP contribution in [0.4, 0.5) is 11.4 Å². The first kappa shape index (κ1) is 15.6. The summed E-state index contributed by atoms with van der Waals surface area (Å²) >= 11 is 0. The number of non-ortho nitro benzene ring substituents is 1. The van der Waals surface area contributed by atoms with Gasteiger partial charge in [-0.25, -0.2) is 4.90 Å². The number of fused-ring (bicyclic) bond motifs is 3. The molecule has 1 aliphatic carbocycles. The van der Waals surface area contributed by atoms with Gasteiger partial charge in [-0.2, -0.15) is 0 Å². The Morgan fingerprint density at radius 3 is 2.56 bits per heavy atom. The van der Waals surface area contributed by atoms with Crippen LogP contribution in [0.2, 0.25) is 0 Å². The SMILES string of the molecule is CC[C@@H]1Cc2[nH]ccc2[C@H]2C(=O)N(c3ccc([N+](=O)[O-])cc3)C(=O)[C@@H]12. The van der Waals surface area contributed by atoms with Crippen molar-refractivity contribution in [3.63, 3.8) is 0 Å². The van der Waals surface area contributed by atoms with Crippen LogP contribution in [0.15, 0.2) is 36.5 Å². The van der Waals surface area contributed by atoms with Gasteiger partial charge in [0.05, 0.1) is 22.4 Å². The van der Waals surface area contributed by atoms with Crippen LogP contribution in [0.5, 0.6) is 0 Å². The van der Waals surface area contributed by atoms with Crippen molar-refractivity contribution in [2.75, 3.05) is 4.90 Å². The fourth-order valence-electron chi connectivity index (χ4n) is 4.14. The van der Waals surface area contributed by atoms with E-state index < -0.39 is 10.8 Å². The molecule has 7 heteroatoms. The molecule has 0 spiro atoms. The molecule has 2 amide bonds. The third-order valence-corrected chi connectivity index (χ3v) is 5.37. The van der Waals surface area contributed by atoms with E-state index in [0.717, 1.165) is 24.1 Å². The third-order valence-electron chi connectivity index (χ3n) is 5.37. The van der Waals surface area contributed by atoms with Crippen LogP contribution in [0.3, 0.4) is 0 Å². The molecule has 2 heterocycles. The van der Waals surface area contributed by atoms with E-state index in [9.17, 15) is 19.7 Å². The van der Waals surface area contributed by atoms with Crippen LogP contribution < -0.4 is 4.90 Å². The van der Waals surface area contributed by atoms with E-state index in [1.807, 2.05) is 19.2 Å². The Balaban J connectivity index is 1.76. The summed E-state index contributed by atoms with van der Waals surface area (Å²) in [6.07, 6.45) is 3.38. The molecule has 1 aliphatic heterocycles. The van der Waals surface area contributed by atoms with Gasteiger partial charge in [-0.1, -0.05) is 13.3 Å². The number of benzene rings is 1. The van der Waals surface area contributed by atoms with Crippen molar-refractivity contribution in [2.45, 2.75) is 25.7 Å². The molecule has 25 heavy (non-hydrogen) atoms. The van der Waals surface area contributed by atoms with Crippen molar-refractivity contribution in [1.29, 1.82) is 0 Å². The van der Waals surface area contributed by atoms with Gasteiger partial charge in [-0.15, -0.1) is 0 Å². The number of anilines is 1. The highest BCUT2D eigenvalue weighted by Crippen LogP contribution is 2.47. The molecular formula is C18H17N3O4. The maximum Gasteiger partial charge on any atom is 0.269 e. The number of aromatic nitrogens is 1. The lowest BCUT2D eigenvalue weighted by molar-refractivity contribution is -0.384. The van der Waals surface area contributed by atoms with Gasteiger partial charge < -0.3 is 4.98 Å². The number of hydrogen-bond acceptors (Lipinski definition) is 4. The Hall–Kier alpha value is -2.96. The van der Waals surface area contributed by atoms with E-state index in [1.54, 1.807) is 0 Å². The van der Waals surface area contributed by atoms with Crippen LogP contribution in [-0.2, 0) is 16.0 Å². The van der Waals surface area contributed by atoms with Crippen molar-refractivity contribution < 1.29 is 14.5 Å². The maximum absolute atomic E-state index is 13.0. The Morgan fingerprint density at radius 2 is 1.92 bits per heavy atom. The summed E-state index contributed by atoms with van der Waals surface area (Å²) in [5.74, 6) is -1.18. The largest absolute Gasteiger partial charge is 0.365 e. The lowest BCUT2D eigenvalue weighted by atomic mass is 9.71. The summed E-state index contributed by atoms with van der Waals surface area (Å²) in [6, 6.07) is 7.44. The van der Waals surface area contributed by atoms with Gasteiger partial charge in [0.2, 0.25) is 11.8 Å². The molecule has 0 unspecified atom stereocenters. The summed E-state index contributed by atoms with van der Waals surface area (Å²) in [6.45, 7) is 2.03. The average Bonchev–Trinajstić information content (AvgIpc) is 3.17. The zero-order valence-electron chi connectivity index (χ0n) is 13.6. The molecule has 4 rings (SSSR count). The highest BCUT2D eigenvalue weighted by molar-refractivity contribution is 6.24. The van der Waals surface area contributed by atoms with Crippen molar-refractivity contribution in [3.8, 4) is 0 Å². The van der Waals surface area contributed by atoms with Gasteiger partial charge in [0.25, 0.3) is 5.69 Å². The molecule has 1 N–H and O–H groups in total. The minimum atomic E-state index is -0.504. The first-order valence-corrected chi connectivity index (χ1v) is 8.31. The first-order chi connectivity index (χ1) is 12.0. The minimum Gasteiger partial charge on any atom is -0.365 e. The Labute approximate surface area is 143 Å². The van der Waals surface area contributed by atoms with Gasteiger partial charge in [-0.3, -0.25) is 19.7 Å². The molecule has 0 bridgehead atoms. The second-order valence-electron chi connectivity index (χ2n) is 6.57. The topological polar surface area (TPSA) is 96.3 Å². The fourth-order valence-corrected chi connectivity index (χ4v) is 4.14. The van der Waals surface area contributed by atoms with Gasteiger partial charge in [-0.05, 0) is 36.1 Å². The number of carbonyl (C=O) groups excluding carboxylic acids is 2. The van der Waals surface area contributed by atoms with Crippen molar-refractivity contribution in [2.24, 2.45) is 11.8 Å². The number of nitrogens with zero attached hydrogens (tertiary/aromatic N) is 2. The number of nitrogens with one attached hydrogen (secondary N) is 1. The highest BCUT2D eigenvalue weighted by Gasteiger charge is 2.54. The number of rotatable bonds is 3. The summed E-state index contributed by atoms with van der Waals surface area (Å²) < 4.78 is 0. The van der Waals surface area contributed by atoms with Crippen molar-refractivity contribution in [3.05, 3.63) is 57.9 Å². The molecule has 0 radical (unpaired) electrons. The van der Waals surface area contributed by atoms with Crippen LogP contribution in [0.25, 0.3) is 0 Å². The predicted molar refractivity (Wildman–Crippen MR) is 90.1 cm³/mol. The van der Waals surface area contributed by atoms with E-state index in [-0.39, 0.29) is 29.3 Å². The molecule has 7 nitrogen and oxygen atoms in total.